The van der Waals surface area contributed by atoms with Gasteiger partial charge in [0.25, 0.3) is 0 Å². The molecule has 1 N–H and O–H groups in total. The minimum absolute atomic E-state index is 0.649. The Bertz CT molecular complexity index is 479. The van der Waals surface area contributed by atoms with Gasteiger partial charge in [-0.05, 0) is 31.7 Å². The number of hydrogen-bond donors (Lipinski definition) is 1. The van der Waals surface area contributed by atoms with E-state index >= 15 is 0 Å². The van der Waals surface area contributed by atoms with E-state index in [4.69, 9.17) is 4.74 Å². The van der Waals surface area contributed by atoms with Gasteiger partial charge in [-0.2, -0.15) is 5.10 Å². The zero-order valence-corrected chi connectivity index (χ0v) is 10.2. The fourth-order valence-electron chi connectivity index (χ4n) is 1.56. The number of aromatic nitrogens is 2. The van der Waals surface area contributed by atoms with Gasteiger partial charge in [0.2, 0.25) is 0 Å². The summed E-state index contributed by atoms with van der Waals surface area (Å²) < 4.78 is 7.35. The van der Waals surface area contributed by atoms with Crippen LogP contribution >= 0.6 is 0 Å². The highest BCUT2D eigenvalue weighted by Crippen LogP contribution is 2.14. The lowest BCUT2D eigenvalue weighted by Gasteiger charge is -2.02. The van der Waals surface area contributed by atoms with Crippen LogP contribution in [0.1, 0.15) is 5.56 Å². The largest absolute Gasteiger partial charge is 0.489 e. The van der Waals surface area contributed by atoms with Crippen molar-refractivity contribution in [2.45, 2.75) is 6.92 Å². The van der Waals surface area contributed by atoms with Crippen molar-refractivity contribution in [3.8, 4) is 11.4 Å². The molecule has 0 fully saturated rings. The Morgan fingerprint density at radius 3 is 3.06 bits per heavy atom. The first-order chi connectivity index (χ1) is 8.29. The van der Waals surface area contributed by atoms with Crippen LogP contribution in [0.15, 0.2) is 36.7 Å². The molecule has 0 saturated carbocycles. The van der Waals surface area contributed by atoms with Gasteiger partial charge in [-0.1, -0.05) is 12.1 Å². The summed E-state index contributed by atoms with van der Waals surface area (Å²) in [6.45, 7) is 3.54. The second kappa shape index (κ2) is 5.50. The highest BCUT2D eigenvalue weighted by atomic mass is 16.5. The summed E-state index contributed by atoms with van der Waals surface area (Å²) in [5.74, 6) is 0.793. The Morgan fingerprint density at radius 1 is 1.41 bits per heavy atom. The molecule has 1 aromatic carbocycles. The van der Waals surface area contributed by atoms with Crippen LogP contribution in [-0.2, 0) is 0 Å². The summed E-state index contributed by atoms with van der Waals surface area (Å²) >= 11 is 0. The summed E-state index contributed by atoms with van der Waals surface area (Å²) in [5.41, 5.74) is 2.27. The van der Waals surface area contributed by atoms with Crippen LogP contribution in [0.5, 0.6) is 5.75 Å². The smallest absolute Gasteiger partial charge is 0.157 e. The molecule has 4 nitrogen and oxygen atoms in total. The van der Waals surface area contributed by atoms with Crippen LogP contribution < -0.4 is 10.1 Å². The summed E-state index contributed by atoms with van der Waals surface area (Å²) in [5, 5.41) is 7.31. The van der Waals surface area contributed by atoms with Gasteiger partial charge in [-0.3, -0.25) is 0 Å². The molecule has 2 aromatic rings. The molecule has 0 spiro atoms. The SMILES string of the molecule is CNCCOc1cnn(-c2cccc(C)c2)c1. The first kappa shape index (κ1) is 11.7. The van der Waals surface area contributed by atoms with Crippen LogP contribution in [0.3, 0.4) is 0 Å². The van der Waals surface area contributed by atoms with E-state index in [2.05, 4.69) is 29.5 Å². The average molecular weight is 231 g/mol. The number of ether oxygens (including phenoxy) is 1. The normalized spacial score (nSPS) is 10.5. The van der Waals surface area contributed by atoms with E-state index in [1.54, 1.807) is 6.20 Å². The molecule has 17 heavy (non-hydrogen) atoms. The Hall–Kier alpha value is -1.81. The lowest BCUT2D eigenvalue weighted by Crippen LogP contribution is -2.15. The van der Waals surface area contributed by atoms with Crippen molar-refractivity contribution in [3.05, 3.63) is 42.2 Å². The first-order valence-electron chi connectivity index (χ1n) is 5.69. The molecule has 0 aliphatic rings. The van der Waals surface area contributed by atoms with Gasteiger partial charge in [-0.25, -0.2) is 4.68 Å². The third-order valence-electron chi connectivity index (χ3n) is 2.45. The predicted octanol–water partition coefficient (Wildman–Crippen LogP) is 1.78. The molecule has 0 saturated heterocycles. The van der Waals surface area contributed by atoms with Crippen molar-refractivity contribution in [1.29, 1.82) is 0 Å². The maximum absolute atomic E-state index is 5.53. The van der Waals surface area contributed by atoms with Crippen LogP contribution in [0, 0.1) is 6.92 Å². The van der Waals surface area contributed by atoms with Crippen molar-refractivity contribution >= 4 is 0 Å². The fourth-order valence-corrected chi connectivity index (χ4v) is 1.56. The van der Waals surface area contributed by atoms with Gasteiger partial charge in [0, 0.05) is 6.54 Å². The summed E-state index contributed by atoms with van der Waals surface area (Å²) in [6, 6.07) is 8.20. The summed E-state index contributed by atoms with van der Waals surface area (Å²) in [6.07, 6.45) is 3.63. The van der Waals surface area contributed by atoms with Crippen LogP contribution in [0.4, 0.5) is 0 Å². The van der Waals surface area contributed by atoms with Gasteiger partial charge in [0.1, 0.15) is 6.61 Å². The van der Waals surface area contributed by atoms with Gasteiger partial charge in [0.05, 0.1) is 18.1 Å². The van der Waals surface area contributed by atoms with E-state index in [9.17, 15) is 0 Å². The van der Waals surface area contributed by atoms with E-state index in [1.165, 1.54) is 5.56 Å². The number of rotatable bonds is 5. The van der Waals surface area contributed by atoms with Crippen molar-refractivity contribution in [1.82, 2.24) is 15.1 Å². The van der Waals surface area contributed by atoms with E-state index in [-0.39, 0.29) is 0 Å². The van der Waals surface area contributed by atoms with E-state index < -0.39 is 0 Å². The minimum Gasteiger partial charge on any atom is -0.489 e. The van der Waals surface area contributed by atoms with Gasteiger partial charge >= 0.3 is 0 Å². The van der Waals surface area contributed by atoms with Crippen molar-refractivity contribution in [2.75, 3.05) is 20.2 Å². The number of aryl methyl sites for hydroxylation is 1. The van der Waals surface area contributed by atoms with Crippen LogP contribution in [-0.4, -0.2) is 30.0 Å². The maximum Gasteiger partial charge on any atom is 0.157 e. The van der Waals surface area contributed by atoms with E-state index in [0.29, 0.717) is 6.61 Å². The Balaban J connectivity index is 2.07. The lowest BCUT2D eigenvalue weighted by atomic mass is 10.2. The second-order valence-electron chi connectivity index (χ2n) is 3.91. The molecule has 0 bridgehead atoms. The number of hydrogen-bond acceptors (Lipinski definition) is 3. The molecule has 0 aliphatic heterocycles. The standard InChI is InChI=1S/C13H17N3O/c1-11-4-3-5-12(8-11)16-10-13(9-15-16)17-7-6-14-2/h3-5,8-10,14H,6-7H2,1-2H3. The van der Waals surface area contributed by atoms with E-state index in [0.717, 1.165) is 18.0 Å². The third kappa shape index (κ3) is 3.07. The quantitative estimate of drug-likeness (QED) is 0.797. The number of nitrogens with zero attached hydrogens (tertiary/aromatic N) is 2. The second-order valence-corrected chi connectivity index (χ2v) is 3.91. The number of nitrogens with one attached hydrogen (secondary N) is 1. The molecule has 1 aromatic heterocycles. The Labute approximate surface area is 101 Å². The van der Waals surface area contributed by atoms with Crippen LogP contribution in [0.2, 0.25) is 0 Å². The topological polar surface area (TPSA) is 39.1 Å². The van der Waals surface area contributed by atoms with Crippen LogP contribution in [0.25, 0.3) is 5.69 Å². The molecule has 2 rings (SSSR count). The molecular weight excluding hydrogens is 214 g/mol. The average Bonchev–Trinajstić information content (AvgIpc) is 2.78. The number of benzene rings is 1. The zero-order chi connectivity index (χ0) is 12.1. The minimum atomic E-state index is 0.649. The number of likely N-dealkylation sites (N-methyl/N-ethyl adjacent to an activating group) is 1. The molecule has 0 atom stereocenters. The van der Waals surface area contributed by atoms with Gasteiger partial charge in [0.15, 0.2) is 5.75 Å². The first-order valence-corrected chi connectivity index (χ1v) is 5.69. The molecule has 0 amide bonds. The molecule has 0 radical (unpaired) electrons. The molecule has 0 unspecified atom stereocenters. The molecular formula is C13H17N3O. The zero-order valence-electron chi connectivity index (χ0n) is 10.2. The van der Waals surface area contributed by atoms with Crippen molar-refractivity contribution in [2.24, 2.45) is 0 Å². The van der Waals surface area contributed by atoms with Gasteiger partial charge in [-0.15, -0.1) is 0 Å². The Kier molecular flexibility index (Phi) is 3.77. The summed E-state index contributed by atoms with van der Waals surface area (Å²) in [7, 11) is 1.90. The predicted molar refractivity (Wildman–Crippen MR) is 67.7 cm³/mol. The Morgan fingerprint density at radius 2 is 2.29 bits per heavy atom. The van der Waals surface area contributed by atoms with E-state index in [1.807, 2.05) is 30.1 Å². The maximum atomic E-state index is 5.53. The molecule has 1 heterocycles. The van der Waals surface area contributed by atoms with Gasteiger partial charge < -0.3 is 10.1 Å². The lowest BCUT2D eigenvalue weighted by molar-refractivity contribution is 0.318. The molecule has 90 valence electrons. The third-order valence-corrected chi connectivity index (χ3v) is 2.45. The highest BCUT2D eigenvalue weighted by Gasteiger charge is 2.01. The molecule has 4 heteroatoms. The molecule has 0 aliphatic carbocycles. The monoisotopic (exact) mass is 231 g/mol. The highest BCUT2D eigenvalue weighted by molar-refractivity contribution is 5.35. The van der Waals surface area contributed by atoms with Crippen molar-refractivity contribution < 1.29 is 4.74 Å². The summed E-state index contributed by atoms with van der Waals surface area (Å²) in [4.78, 5) is 0. The fraction of sp³-hybridized carbons (Fsp3) is 0.308. The van der Waals surface area contributed by atoms with Crippen molar-refractivity contribution in [3.63, 3.8) is 0 Å².